The summed E-state index contributed by atoms with van der Waals surface area (Å²) in [4.78, 5) is 17.3. The quantitative estimate of drug-likeness (QED) is 0.426. The topological polar surface area (TPSA) is 90.2 Å². The van der Waals surface area contributed by atoms with Crippen molar-refractivity contribution in [2.24, 2.45) is 7.05 Å². The first-order chi connectivity index (χ1) is 15.9. The van der Waals surface area contributed by atoms with E-state index in [2.05, 4.69) is 15.4 Å². The normalized spacial score (nSPS) is 12.3. The van der Waals surface area contributed by atoms with Crippen molar-refractivity contribution in [3.63, 3.8) is 0 Å². The number of alkyl halides is 1. The lowest BCUT2D eigenvalue weighted by Gasteiger charge is -2.15. The number of rotatable bonds is 5. The number of anilines is 1. The number of carbonyl (C=O) groups excluding carboxylic acids is 1. The Morgan fingerprint density at radius 3 is 2.64 bits per heavy atom. The molecule has 1 amide bonds. The van der Waals surface area contributed by atoms with E-state index in [0.717, 1.165) is 22.0 Å². The maximum absolute atomic E-state index is 13.7. The van der Waals surface area contributed by atoms with Gasteiger partial charge in [-0.2, -0.15) is 4.98 Å². The molecule has 3 N–H and O–H groups in total. The summed E-state index contributed by atoms with van der Waals surface area (Å²) >= 11 is 0. The summed E-state index contributed by atoms with van der Waals surface area (Å²) in [7, 11) is 1.84. The number of fused-ring (bicyclic) bond motifs is 2. The average molecular weight is 446 g/mol. The molecule has 0 aliphatic carbocycles. The van der Waals surface area contributed by atoms with Crippen molar-refractivity contribution < 1.29 is 13.6 Å². The van der Waals surface area contributed by atoms with Crippen molar-refractivity contribution in [3.8, 4) is 11.1 Å². The molecule has 0 radical (unpaired) electrons. The molecule has 33 heavy (non-hydrogen) atoms. The van der Waals surface area contributed by atoms with Crippen LogP contribution in [0.2, 0.25) is 0 Å². The molecule has 0 aliphatic heterocycles. The number of benzene rings is 2. The van der Waals surface area contributed by atoms with Crippen LogP contribution in [-0.2, 0) is 7.05 Å². The summed E-state index contributed by atoms with van der Waals surface area (Å²) in [5.74, 6) is -0.644. The summed E-state index contributed by atoms with van der Waals surface area (Å²) in [5.41, 5.74) is 9.83. The van der Waals surface area contributed by atoms with Gasteiger partial charge in [-0.05, 0) is 53.1 Å². The smallest absolute Gasteiger partial charge is 0.254 e. The molecule has 0 aliphatic rings. The Labute approximate surface area is 187 Å². The number of amides is 1. The van der Waals surface area contributed by atoms with E-state index in [9.17, 15) is 13.6 Å². The number of nitrogens with one attached hydrogen (secondary N) is 1. The van der Waals surface area contributed by atoms with Crippen LogP contribution in [0.15, 0.2) is 67.0 Å². The van der Waals surface area contributed by atoms with Crippen molar-refractivity contribution in [2.45, 2.75) is 6.04 Å². The van der Waals surface area contributed by atoms with E-state index in [1.54, 1.807) is 16.9 Å². The highest BCUT2D eigenvalue weighted by molar-refractivity contribution is 6.08. The molecule has 7 nitrogen and oxygen atoms in total. The fourth-order valence-electron chi connectivity index (χ4n) is 3.97. The van der Waals surface area contributed by atoms with E-state index >= 15 is 0 Å². The van der Waals surface area contributed by atoms with Crippen LogP contribution in [0.1, 0.15) is 22.0 Å². The van der Waals surface area contributed by atoms with Crippen LogP contribution in [0, 0.1) is 5.82 Å². The minimum absolute atomic E-state index is 0.188. The summed E-state index contributed by atoms with van der Waals surface area (Å²) in [5, 5.41) is 7.53. The van der Waals surface area contributed by atoms with Gasteiger partial charge in [0.05, 0.1) is 11.6 Å². The second kappa shape index (κ2) is 8.01. The van der Waals surface area contributed by atoms with Crippen LogP contribution < -0.4 is 11.1 Å². The Balaban J connectivity index is 1.51. The summed E-state index contributed by atoms with van der Waals surface area (Å²) in [6, 6.07) is 14.1. The Morgan fingerprint density at radius 1 is 1.12 bits per heavy atom. The van der Waals surface area contributed by atoms with Crippen LogP contribution in [-0.4, -0.2) is 31.7 Å². The molecule has 3 aromatic heterocycles. The Bertz CT molecular complexity index is 1490. The number of nitrogens with zero attached hydrogens (tertiary/aromatic N) is 4. The number of aromatic nitrogens is 4. The maximum atomic E-state index is 13.7. The average Bonchev–Trinajstić information content (AvgIpc) is 3.36. The highest BCUT2D eigenvalue weighted by Gasteiger charge is 2.20. The SMILES string of the molecule is Cn1cc(C(=O)N[C@@H](CF)c2ccc(F)cc2)c2cc(-c3ccn4nc(N)nc4c3)ccc21. The zero-order chi connectivity index (χ0) is 23.1. The van der Waals surface area contributed by atoms with E-state index in [1.165, 1.54) is 24.3 Å². The molecule has 0 spiro atoms. The van der Waals surface area contributed by atoms with E-state index < -0.39 is 24.4 Å². The number of nitrogen functional groups attached to an aromatic ring is 1. The lowest BCUT2D eigenvalue weighted by molar-refractivity contribution is 0.0931. The molecule has 0 bridgehead atoms. The number of hydrogen-bond donors (Lipinski definition) is 2. The van der Waals surface area contributed by atoms with Gasteiger partial charge >= 0.3 is 0 Å². The molecular weight excluding hydrogens is 426 g/mol. The largest absolute Gasteiger partial charge is 0.366 e. The van der Waals surface area contributed by atoms with Crippen molar-refractivity contribution in [1.82, 2.24) is 24.5 Å². The summed E-state index contributed by atoms with van der Waals surface area (Å²) in [6.07, 6.45) is 3.48. The second-order valence-electron chi connectivity index (χ2n) is 7.81. The van der Waals surface area contributed by atoms with Crippen LogP contribution in [0.4, 0.5) is 14.7 Å². The Hall–Kier alpha value is -4.27. The molecule has 5 rings (SSSR count). The van der Waals surface area contributed by atoms with E-state index in [1.807, 2.05) is 41.9 Å². The molecule has 3 heterocycles. The third-order valence-corrected chi connectivity index (χ3v) is 5.65. The standard InChI is InChI=1S/C24H20F2N6O/c1-31-13-19(23(33)28-20(12-25)14-2-5-17(26)6-3-14)18-10-15(4-7-21(18)31)16-8-9-32-22(11-16)29-24(27)30-32/h2-11,13,20H,12H2,1H3,(H2,27,30)(H,28,33)/t20-/m0/s1. The molecule has 9 heteroatoms. The summed E-state index contributed by atoms with van der Waals surface area (Å²) in [6.45, 7) is -0.811. The van der Waals surface area contributed by atoms with Crippen molar-refractivity contribution in [2.75, 3.05) is 12.4 Å². The van der Waals surface area contributed by atoms with Crippen LogP contribution in [0.25, 0.3) is 27.7 Å². The number of nitrogens with two attached hydrogens (primary N) is 1. The third-order valence-electron chi connectivity index (χ3n) is 5.65. The number of aryl methyl sites for hydroxylation is 1. The molecule has 0 saturated carbocycles. The predicted octanol–water partition coefficient (Wildman–Crippen LogP) is 4.05. The van der Waals surface area contributed by atoms with Gasteiger partial charge in [0.25, 0.3) is 5.91 Å². The van der Waals surface area contributed by atoms with Crippen molar-refractivity contribution >= 4 is 28.4 Å². The van der Waals surface area contributed by atoms with Crippen LogP contribution in [0.3, 0.4) is 0 Å². The van der Waals surface area contributed by atoms with Crippen LogP contribution in [0.5, 0.6) is 0 Å². The van der Waals surface area contributed by atoms with E-state index in [0.29, 0.717) is 16.8 Å². The molecule has 5 aromatic rings. The van der Waals surface area contributed by atoms with E-state index in [4.69, 9.17) is 5.73 Å². The lowest BCUT2D eigenvalue weighted by atomic mass is 10.0. The van der Waals surface area contributed by atoms with Crippen LogP contribution >= 0.6 is 0 Å². The monoisotopic (exact) mass is 446 g/mol. The highest BCUT2D eigenvalue weighted by Crippen LogP contribution is 2.29. The van der Waals surface area contributed by atoms with Gasteiger partial charge in [-0.3, -0.25) is 4.79 Å². The van der Waals surface area contributed by atoms with Gasteiger partial charge in [-0.25, -0.2) is 13.3 Å². The third kappa shape index (κ3) is 3.78. The number of carbonyl (C=O) groups is 1. The molecular formula is C24H20F2N6O. The first kappa shape index (κ1) is 20.6. The lowest BCUT2D eigenvalue weighted by Crippen LogP contribution is -2.29. The maximum Gasteiger partial charge on any atom is 0.254 e. The zero-order valence-electron chi connectivity index (χ0n) is 17.7. The molecule has 166 valence electrons. The molecule has 0 fully saturated rings. The molecule has 1 atom stereocenters. The van der Waals surface area contributed by atoms with E-state index in [-0.39, 0.29) is 5.95 Å². The van der Waals surface area contributed by atoms with Gasteiger partial charge in [0.1, 0.15) is 12.5 Å². The number of pyridine rings is 1. The van der Waals surface area contributed by atoms with Gasteiger partial charge in [0.2, 0.25) is 5.95 Å². The van der Waals surface area contributed by atoms with Gasteiger partial charge in [0.15, 0.2) is 5.65 Å². The van der Waals surface area contributed by atoms with Crippen molar-refractivity contribution in [1.29, 1.82) is 0 Å². The summed E-state index contributed by atoms with van der Waals surface area (Å²) < 4.78 is 30.4. The highest BCUT2D eigenvalue weighted by atomic mass is 19.1. The second-order valence-corrected chi connectivity index (χ2v) is 7.81. The Morgan fingerprint density at radius 2 is 1.88 bits per heavy atom. The minimum atomic E-state index is -0.877. The van der Waals surface area contributed by atoms with Crippen molar-refractivity contribution in [3.05, 3.63) is 83.9 Å². The van der Waals surface area contributed by atoms with Gasteiger partial charge in [-0.15, -0.1) is 5.10 Å². The minimum Gasteiger partial charge on any atom is -0.366 e. The molecule has 0 saturated heterocycles. The zero-order valence-corrected chi connectivity index (χ0v) is 17.7. The Kier molecular flexibility index (Phi) is 5.01. The fourth-order valence-corrected chi connectivity index (χ4v) is 3.97. The van der Waals surface area contributed by atoms with Gasteiger partial charge in [-0.1, -0.05) is 18.2 Å². The fraction of sp³-hybridized carbons (Fsp3) is 0.125. The number of halogens is 2. The predicted molar refractivity (Wildman–Crippen MR) is 122 cm³/mol. The first-order valence-corrected chi connectivity index (χ1v) is 10.3. The van der Waals surface area contributed by atoms with Gasteiger partial charge < -0.3 is 15.6 Å². The molecule has 2 aromatic carbocycles. The first-order valence-electron chi connectivity index (χ1n) is 10.3. The molecule has 0 unspecified atom stereocenters. The number of hydrogen-bond acceptors (Lipinski definition) is 4. The van der Waals surface area contributed by atoms with Gasteiger partial charge in [0, 0.05) is 30.3 Å².